The number of fused-ring (bicyclic) bond motifs is 1. The molecule has 0 aliphatic carbocycles. The summed E-state index contributed by atoms with van der Waals surface area (Å²) in [6.07, 6.45) is 0.725. The van der Waals surface area contributed by atoms with Gasteiger partial charge in [0.15, 0.2) is 0 Å². The first-order chi connectivity index (χ1) is 16.7. The van der Waals surface area contributed by atoms with E-state index in [0.717, 1.165) is 5.56 Å². The van der Waals surface area contributed by atoms with Gasteiger partial charge in [0.25, 0.3) is 5.56 Å². The van der Waals surface area contributed by atoms with E-state index in [1.807, 2.05) is 26.0 Å². The standard InChI is InChI=1S/C26H29ClN4O4/c1-16(2)23(28-22(32)15-21-19-5-3-4-6-20(19)24(33)30-29-21)25(34)31-13-11-26(35,12-14-31)17-7-9-18(27)10-8-17/h3-10,16,23,35H,11-15H2,1-2H3,(H,28,32)(H,30,33). The summed E-state index contributed by atoms with van der Waals surface area (Å²) in [5.74, 6) is -0.661. The van der Waals surface area contributed by atoms with Crippen LogP contribution in [0.4, 0.5) is 0 Å². The first kappa shape index (κ1) is 24.9. The summed E-state index contributed by atoms with van der Waals surface area (Å²) >= 11 is 5.96. The fraction of sp³-hybridized carbons (Fsp3) is 0.385. The van der Waals surface area contributed by atoms with E-state index < -0.39 is 11.6 Å². The van der Waals surface area contributed by atoms with Gasteiger partial charge in [-0.05, 0) is 42.5 Å². The van der Waals surface area contributed by atoms with Crippen molar-refractivity contribution in [3.05, 3.63) is 75.2 Å². The molecule has 1 aliphatic rings. The molecule has 1 saturated heterocycles. The number of likely N-dealkylation sites (tertiary alicyclic amines) is 1. The van der Waals surface area contributed by atoms with E-state index in [0.29, 0.717) is 47.4 Å². The molecule has 9 heteroatoms. The van der Waals surface area contributed by atoms with Crippen LogP contribution in [-0.4, -0.2) is 51.1 Å². The molecule has 1 fully saturated rings. The lowest BCUT2D eigenvalue weighted by Gasteiger charge is -2.40. The summed E-state index contributed by atoms with van der Waals surface area (Å²) in [5.41, 5.74) is -0.111. The number of carbonyl (C=O) groups is 2. The monoisotopic (exact) mass is 496 g/mol. The van der Waals surface area contributed by atoms with Crippen molar-refractivity contribution < 1.29 is 14.7 Å². The average Bonchev–Trinajstić information content (AvgIpc) is 2.85. The van der Waals surface area contributed by atoms with Crippen LogP contribution in [0, 0.1) is 5.92 Å². The first-order valence-corrected chi connectivity index (χ1v) is 12.1. The van der Waals surface area contributed by atoms with E-state index in [1.165, 1.54) is 0 Å². The zero-order valence-corrected chi connectivity index (χ0v) is 20.5. The van der Waals surface area contributed by atoms with Crippen molar-refractivity contribution in [2.75, 3.05) is 13.1 Å². The van der Waals surface area contributed by atoms with Gasteiger partial charge in [-0.2, -0.15) is 5.10 Å². The maximum absolute atomic E-state index is 13.3. The third kappa shape index (κ3) is 5.39. The van der Waals surface area contributed by atoms with Crippen LogP contribution in [0.2, 0.25) is 5.02 Å². The minimum Gasteiger partial charge on any atom is -0.385 e. The number of aliphatic hydroxyl groups is 1. The van der Waals surface area contributed by atoms with Crippen molar-refractivity contribution in [3.8, 4) is 0 Å². The summed E-state index contributed by atoms with van der Waals surface area (Å²) in [6.45, 7) is 4.52. The van der Waals surface area contributed by atoms with E-state index in [9.17, 15) is 19.5 Å². The summed E-state index contributed by atoms with van der Waals surface area (Å²) in [5, 5.41) is 22.1. The molecule has 1 aliphatic heterocycles. The van der Waals surface area contributed by atoms with Crippen molar-refractivity contribution in [1.82, 2.24) is 20.4 Å². The molecule has 1 unspecified atom stereocenters. The van der Waals surface area contributed by atoms with Gasteiger partial charge in [-0.15, -0.1) is 0 Å². The minimum atomic E-state index is -1.02. The molecule has 0 radical (unpaired) electrons. The molecule has 0 saturated carbocycles. The lowest BCUT2D eigenvalue weighted by atomic mass is 9.84. The number of aromatic nitrogens is 2. The molecular weight excluding hydrogens is 468 g/mol. The van der Waals surface area contributed by atoms with Gasteiger partial charge in [0.05, 0.1) is 23.1 Å². The van der Waals surface area contributed by atoms with Crippen LogP contribution in [-0.2, 0) is 21.6 Å². The van der Waals surface area contributed by atoms with E-state index in [-0.39, 0.29) is 29.7 Å². The largest absolute Gasteiger partial charge is 0.385 e. The molecule has 4 rings (SSSR count). The Balaban J connectivity index is 1.42. The van der Waals surface area contributed by atoms with Crippen LogP contribution in [0.3, 0.4) is 0 Å². The molecule has 2 amide bonds. The number of halogens is 1. The highest BCUT2D eigenvalue weighted by Crippen LogP contribution is 2.33. The van der Waals surface area contributed by atoms with E-state index >= 15 is 0 Å². The molecule has 0 spiro atoms. The van der Waals surface area contributed by atoms with Crippen molar-refractivity contribution in [3.63, 3.8) is 0 Å². The van der Waals surface area contributed by atoms with Gasteiger partial charge < -0.3 is 15.3 Å². The zero-order valence-electron chi connectivity index (χ0n) is 19.8. The molecule has 184 valence electrons. The van der Waals surface area contributed by atoms with Crippen molar-refractivity contribution in [1.29, 1.82) is 0 Å². The predicted octanol–water partition coefficient (Wildman–Crippen LogP) is 2.77. The van der Waals surface area contributed by atoms with Gasteiger partial charge in [-0.3, -0.25) is 14.4 Å². The molecule has 3 aromatic rings. The van der Waals surface area contributed by atoms with Gasteiger partial charge in [-0.25, -0.2) is 5.10 Å². The Bertz CT molecular complexity index is 1280. The fourth-order valence-corrected chi connectivity index (χ4v) is 4.66. The second-order valence-electron chi connectivity index (χ2n) is 9.37. The normalized spacial score (nSPS) is 16.3. The van der Waals surface area contributed by atoms with Crippen molar-refractivity contribution >= 4 is 34.2 Å². The molecular formula is C26H29ClN4O4. The summed E-state index contributed by atoms with van der Waals surface area (Å²) < 4.78 is 0. The Morgan fingerprint density at radius 3 is 2.37 bits per heavy atom. The number of nitrogens with one attached hydrogen (secondary N) is 2. The second kappa shape index (κ2) is 10.2. The number of hydrogen-bond donors (Lipinski definition) is 3. The summed E-state index contributed by atoms with van der Waals surface area (Å²) in [7, 11) is 0. The van der Waals surface area contributed by atoms with Gasteiger partial charge in [0.2, 0.25) is 11.8 Å². The summed E-state index contributed by atoms with van der Waals surface area (Å²) in [6, 6.07) is 13.4. The fourth-order valence-electron chi connectivity index (χ4n) is 4.54. The van der Waals surface area contributed by atoms with Crippen LogP contribution in [0.5, 0.6) is 0 Å². The SMILES string of the molecule is CC(C)C(NC(=O)Cc1n[nH]c(=O)c2ccccc12)C(=O)N1CCC(O)(c2ccc(Cl)cc2)CC1. The number of piperidine rings is 1. The zero-order chi connectivity index (χ0) is 25.2. The Morgan fingerprint density at radius 1 is 1.11 bits per heavy atom. The number of amides is 2. The highest BCUT2D eigenvalue weighted by molar-refractivity contribution is 6.30. The van der Waals surface area contributed by atoms with E-state index in [4.69, 9.17) is 11.6 Å². The van der Waals surface area contributed by atoms with Crippen LogP contribution in [0.15, 0.2) is 53.3 Å². The molecule has 3 N–H and O–H groups in total. The lowest BCUT2D eigenvalue weighted by molar-refractivity contribution is -0.141. The number of carbonyl (C=O) groups excluding carboxylic acids is 2. The topological polar surface area (TPSA) is 115 Å². The number of H-pyrrole nitrogens is 1. The Labute approximate surface area is 208 Å². The maximum Gasteiger partial charge on any atom is 0.272 e. The van der Waals surface area contributed by atoms with Crippen molar-refractivity contribution in [2.45, 2.75) is 44.8 Å². The summed E-state index contributed by atoms with van der Waals surface area (Å²) in [4.78, 5) is 39.9. The number of hydrogen-bond acceptors (Lipinski definition) is 5. The quantitative estimate of drug-likeness (QED) is 0.485. The van der Waals surface area contributed by atoms with Crippen LogP contribution >= 0.6 is 11.6 Å². The van der Waals surface area contributed by atoms with Gasteiger partial charge in [0, 0.05) is 23.5 Å². The minimum absolute atomic E-state index is 0.0654. The lowest BCUT2D eigenvalue weighted by Crippen LogP contribution is -2.54. The number of aromatic amines is 1. The molecule has 35 heavy (non-hydrogen) atoms. The highest BCUT2D eigenvalue weighted by atomic mass is 35.5. The maximum atomic E-state index is 13.3. The highest BCUT2D eigenvalue weighted by Gasteiger charge is 2.38. The average molecular weight is 497 g/mol. The molecule has 2 heterocycles. The molecule has 8 nitrogen and oxygen atoms in total. The van der Waals surface area contributed by atoms with Gasteiger partial charge >= 0.3 is 0 Å². The van der Waals surface area contributed by atoms with E-state index in [1.54, 1.807) is 41.3 Å². The smallest absolute Gasteiger partial charge is 0.272 e. The Kier molecular flexibility index (Phi) is 7.23. The van der Waals surface area contributed by atoms with E-state index in [2.05, 4.69) is 15.5 Å². The van der Waals surface area contributed by atoms with Crippen molar-refractivity contribution in [2.24, 2.45) is 5.92 Å². The molecule has 1 atom stereocenters. The number of rotatable bonds is 6. The van der Waals surface area contributed by atoms with Gasteiger partial charge in [0.1, 0.15) is 6.04 Å². The van der Waals surface area contributed by atoms with Crippen LogP contribution in [0.25, 0.3) is 10.8 Å². The Hall–Kier alpha value is -3.23. The predicted molar refractivity (Wildman–Crippen MR) is 134 cm³/mol. The molecule has 0 bridgehead atoms. The number of nitrogens with zero attached hydrogens (tertiary/aromatic N) is 2. The second-order valence-corrected chi connectivity index (χ2v) is 9.81. The third-order valence-corrected chi connectivity index (χ3v) is 6.89. The number of benzene rings is 2. The molecule has 1 aromatic heterocycles. The molecule has 2 aromatic carbocycles. The first-order valence-electron chi connectivity index (χ1n) is 11.7. The van der Waals surface area contributed by atoms with Crippen LogP contribution < -0.4 is 10.9 Å². The van der Waals surface area contributed by atoms with Gasteiger partial charge in [-0.1, -0.05) is 55.8 Å². The third-order valence-electron chi connectivity index (χ3n) is 6.64. The Morgan fingerprint density at radius 2 is 1.74 bits per heavy atom. The van der Waals surface area contributed by atoms with Crippen LogP contribution in [0.1, 0.15) is 37.9 Å².